The molecule has 0 atom stereocenters. The molecule has 1 N–H and O–H groups in total. The zero-order valence-electron chi connectivity index (χ0n) is 12.8. The molecule has 0 spiro atoms. The second-order valence-corrected chi connectivity index (χ2v) is 5.46. The van der Waals surface area contributed by atoms with E-state index in [4.69, 9.17) is 27.9 Å². The third-order valence-electron chi connectivity index (χ3n) is 2.93. The maximum absolute atomic E-state index is 11.7. The maximum Gasteiger partial charge on any atom is 0.244 e. The molecule has 1 amide bonds. The molecule has 2 aromatic carbocycles. The lowest BCUT2D eigenvalue weighted by atomic mass is 10.2. The van der Waals surface area contributed by atoms with Crippen molar-refractivity contribution in [1.29, 1.82) is 0 Å². The molecule has 0 radical (unpaired) electrons. The molecule has 0 fully saturated rings. The molecule has 0 aliphatic carbocycles. The van der Waals surface area contributed by atoms with Crippen molar-refractivity contribution < 1.29 is 9.53 Å². The van der Waals surface area contributed by atoms with Gasteiger partial charge in [-0.1, -0.05) is 65.4 Å². The van der Waals surface area contributed by atoms with E-state index >= 15 is 0 Å². The van der Waals surface area contributed by atoms with Crippen LogP contribution in [0.4, 0.5) is 0 Å². The lowest BCUT2D eigenvalue weighted by molar-refractivity contribution is -0.116. The summed E-state index contributed by atoms with van der Waals surface area (Å²) >= 11 is 12.0. The minimum atomic E-state index is -0.240. The first-order valence-corrected chi connectivity index (χ1v) is 7.96. The van der Waals surface area contributed by atoms with Crippen LogP contribution < -0.4 is 10.1 Å². The van der Waals surface area contributed by atoms with E-state index in [9.17, 15) is 4.79 Å². The number of hydrogen-bond donors (Lipinski definition) is 1. The van der Waals surface area contributed by atoms with Crippen molar-refractivity contribution in [3.63, 3.8) is 0 Å². The van der Waals surface area contributed by atoms with Crippen molar-refractivity contribution in [1.82, 2.24) is 5.32 Å². The molecule has 0 saturated heterocycles. The summed E-state index contributed by atoms with van der Waals surface area (Å²) in [7, 11) is 0. The van der Waals surface area contributed by atoms with Crippen LogP contribution in [0.5, 0.6) is 5.75 Å². The van der Waals surface area contributed by atoms with E-state index in [1.165, 1.54) is 6.08 Å². The number of para-hydroxylation sites is 1. The van der Waals surface area contributed by atoms with Gasteiger partial charge in [0.2, 0.25) is 5.91 Å². The Balaban J connectivity index is 1.72. The van der Waals surface area contributed by atoms with Crippen LogP contribution in [0.1, 0.15) is 5.56 Å². The number of halogens is 2. The maximum atomic E-state index is 11.7. The van der Waals surface area contributed by atoms with E-state index < -0.39 is 0 Å². The highest BCUT2D eigenvalue weighted by Gasteiger charge is 1.97. The fourth-order valence-electron chi connectivity index (χ4n) is 1.76. The number of nitrogens with one attached hydrogen (secondary N) is 1. The topological polar surface area (TPSA) is 38.3 Å². The summed E-state index contributed by atoms with van der Waals surface area (Å²) in [6, 6.07) is 14.5. The van der Waals surface area contributed by atoms with Crippen molar-refractivity contribution in [2.45, 2.75) is 0 Å². The lowest BCUT2D eigenvalue weighted by Crippen LogP contribution is -2.21. The smallest absolute Gasteiger partial charge is 0.244 e. The molecule has 0 unspecified atom stereocenters. The second kappa shape index (κ2) is 9.67. The Kier molecular flexibility index (Phi) is 7.22. The molecule has 0 aliphatic rings. The summed E-state index contributed by atoms with van der Waals surface area (Å²) in [5.41, 5.74) is 0.786. The highest BCUT2D eigenvalue weighted by atomic mass is 35.5. The van der Waals surface area contributed by atoms with Gasteiger partial charge in [-0.3, -0.25) is 4.79 Å². The molecule has 2 aromatic rings. The summed E-state index contributed by atoms with van der Waals surface area (Å²) in [6.45, 7) is 0.437. The van der Waals surface area contributed by atoms with Crippen molar-refractivity contribution in [3.8, 4) is 17.6 Å². The van der Waals surface area contributed by atoms with Crippen molar-refractivity contribution >= 4 is 35.2 Å². The van der Waals surface area contributed by atoms with Crippen LogP contribution in [0.15, 0.2) is 54.6 Å². The van der Waals surface area contributed by atoms with Gasteiger partial charge in [-0.15, -0.1) is 0 Å². The van der Waals surface area contributed by atoms with Gasteiger partial charge in [-0.25, -0.2) is 0 Å². The normalized spacial score (nSPS) is 10.1. The molecule has 2 rings (SSSR count). The molecule has 122 valence electrons. The predicted molar refractivity (Wildman–Crippen MR) is 98.2 cm³/mol. The van der Waals surface area contributed by atoms with Gasteiger partial charge in [0.25, 0.3) is 0 Å². The monoisotopic (exact) mass is 359 g/mol. The first-order valence-electron chi connectivity index (χ1n) is 7.20. The molecule has 5 heteroatoms. The number of hydrogen-bond acceptors (Lipinski definition) is 2. The van der Waals surface area contributed by atoms with Crippen LogP contribution in [0.25, 0.3) is 6.08 Å². The van der Waals surface area contributed by atoms with Crippen LogP contribution >= 0.6 is 23.2 Å². The third-order valence-corrected chi connectivity index (χ3v) is 3.59. The molecule has 0 saturated carbocycles. The van der Waals surface area contributed by atoms with E-state index in [-0.39, 0.29) is 19.1 Å². The summed E-state index contributed by atoms with van der Waals surface area (Å²) in [5, 5.41) is 3.79. The molecule has 0 aromatic heterocycles. The SMILES string of the molecule is O=C(/C=C/c1ccccc1Cl)NCC#CCOc1ccccc1Cl. The minimum Gasteiger partial charge on any atom is -0.479 e. The Morgan fingerprint density at radius 3 is 2.50 bits per heavy atom. The molecule has 24 heavy (non-hydrogen) atoms. The number of carbonyl (C=O) groups excluding carboxylic acids is 1. The Morgan fingerprint density at radius 1 is 1.04 bits per heavy atom. The van der Waals surface area contributed by atoms with Gasteiger partial charge < -0.3 is 10.1 Å². The summed E-state index contributed by atoms with van der Waals surface area (Å²) in [4.78, 5) is 11.7. The second-order valence-electron chi connectivity index (χ2n) is 4.65. The van der Waals surface area contributed by atoms with Crippen molar-refractivity contribution in [2.24, 2.45) is 0 Å². The van der Waals surface area contributed by atoms with Gasteiger partial charge in [0, 0.05) is 11.1 Å². The van der Waals surface area contributed by atoms with E-state index in [0.717, 1.165) is 5.56 Å². The van der Waals surface area contributed by atoms with Gasteiger partial charge >= 0.3 is 0 Å². The van der Waals surface area contributed by atoms with Gasteiger partial charge in [0.15, 0.2) is 0 Å². The molecule has 0 bridgehead atoms. The quantitative estimate of drug-likeness (QED) is 0.641. The highest BCUT2D eigenvalue weighted by Crippen LogP contribution is 2.22. The zero-order valence-corrected chi connectivity index (χ0v) is 14.3. The van der Waals surface area contributed by atoms with E-state index in [0.29, 0.717) is 15.8 Å². The van der Waals surface area contributed by atoms with Crippen molar-refractivity contribution in [2.75, 3.05) is 13.2 Å². The summed E-state index contributed by atoms with van der Waals surface area (Å²) in [5.74, 6) is 5.96. The van der Waals surface area contributed by atoms with E-state index in [1.54, 1.807) is 24.3 Å². The third kappa shape index (κ3) is 6.00. The van der Waals surface area contributed by atoms with Crippen molar-refractivity contribution in [3.05, 3.63) is 70.2 Å². The Hall–Kier alpha value is -2.41. The van der Waals surface area contributed by atoms with E-state index in [2.05, 4.69) is 17.2 Å². The van der Waals surface area contributed by atoms with Gasteiger partial charge in [-0.2, -0.15) is 0 Å². The molecule has 3 nitrogen and oxygen atoms in total. The van der Waals surface area contributed by atoms with Crippen LogP contribution in [0.3, 0.4) is 0 Å². The van der Waals surface area contributed by atoms with Crippen LogP contribution in [0.2, 0.25) is 10.0 Å². The number of amides is 1. The standard InChI is InChI=1S/C19H15Cl2NO2/c20-16-8-2-1-7-15(16)11-12-19(23)22-13-5-6-14-24-18-10-4-3-9-17(18)21/h1-4,7-12H,13-14H2,(H,22,23)/b12-11+. The Bertz CT molecular complexity index is 791. The average molecular weight is 360 g/mol. The minimum absolute atomic E-state index is 0.203. The summed E-state index contributed by atoms with van der Waals surface area (Å²) < 4.78 is 5.42. The average Bonchev–Trinajstić information content (AvgIpc) is 2.58. The first kappa shape index (κ1) is 17.9. The highest BCUT2D eigenvalue weighted by molar-refractivity contribution is 6.32. The number of carbonyl (C=O) groups is 1. The lowest BCUT2D eigenvalue weighted by Gasteiger charge is -2.02. The largest absolute Gasteiger partial charge is 0.479 e. The van der Waals surface area contributed by atoms with Gasteiger partial charge in [0.05, 0.1) is 11.6 Å². The van der Waals surface area contributed by atoms with Gasteiger partial charge in [-0.05, 0) is 29.8 Å². The Morgan fingerprint density at radius 2 is 1.75 bits per heavy atom. The molecular weight excluding hydrogens is 345 g/mol. The molecular formula is C19H15Cl2NO2. The van der Waals surface area contributed by atoms with Crippen LogP contribution in [0, 0.1) is 11.8 Å². The fraction of sp³-hybridized carbons (Fsp3) is 0.105. The van der Waals surface area contributed by atoms with Gasteiger partial charge in [0.1, 0.15) is 12.4 Å². The van der Waals surface area contributed by atoms with Crippen LogP contribution in [-0.2, 0) is 4.79 Å². The Labute approximate surface area is 151 Å². The van der Waals surface area contributed by atoms with E-state index in [1.807, 2.05) is 30.3 Å². The number of ether oxygens (including phenoxy) is 1. The first-order chi connectivity index (χ1) is 11.7. The fourth-order valence-corrected chi connectivity index (χ4v) is 2.14. The number of benzene rings is 2. The van der Waals surface area contributed by atoms with Crippen LogP contribution in [-0.4, -0.2) is 19.1 Å². The predicted octanol–water partition coefficient (Wildman–Crippen LogP) is 4.21. The molecule has 0 heterocycles. The zero-order chi connectivity index (χ0) is 17.2. The number of rotatable bonds is 5. The summed E-state index contributed by atoms with van der Waals surface area (Å²) in [6.07, 6.45) is 3.08. The molecule has 0 aliphatic heterocycles.